The van der Waals surface area contributed by atoms with Gasteiger partial charge in [0.2, 0.25) is 0 Å². The van der Waals surface area contributed by atoms with Crippen LogP contribution in [0.1, 0.15) is 28.2 Å². The van der Waals surface area contributed by atoms with Gasteiger partial charge in [0.15, 0.2) is 0 Å². The molecule has 0 heterocycles. The molecular weight excluding hydrogens is 307 g/mol. The summed E-state index contributed by atoms with van der Waals surface area (Å²) < 4.78 is 13.6. The Balaban J connectivity index is 2.78. The third-order valence-corrected chi connectivity index (χ3v) is 3.94. The second-order valence-electron chi connectivity index (χ2n) is 5.31. The lowest BCUT2D eigenvalue weighted by molar-refractivity contribution is 0.374. The summed E-state index contributed by atoms with van der Waals surface area (Å²) in [4.78, 5) is 0. The molecule has 7 heteroatoms. The first-order chi connectivity index (χ1) is 10.7. The summed E-state index contributed by atoms with van der Waals surface area (Å²) >= 11 is 0. The number of halogens is 1. The Morgan fingerprint density at radius 3 is 1.39 bits per heavy atom. The van der Waals surface area contributed by atoms with Gasteiger partial charge >= 0.3 is 0 Å². The number of alkyl halides is 1. The third kappa shape index (κ3) is 2.54. The number of hydrogen-bond acceptors (Lipinski definition) is 6. The second kappa shape index (κ2) is 5.75. The van der Waals surface area contributed by atoms with Crippen molar-refractivity contribution >= 4 is 0 Å². The fourth-order valence-electron chi connectivity index (χ4n) is 2.51. The molecule has 0 unspecified atom stereocenters. The first-order valence-corrected chi connectivity index (χ1v) is 6.75. The monoisotopic (exact) mass is 324 g/mol. The molecular formula is C16H17FO6. The molecule has 6 nitrogen and oxygen atoms in total. The van der Waals surface area contributed by atoms with E-state index in [0.29, 0.717) is 0 Å². The standard InChI is InChI=1S/C16H17FO6/c1-6-9(18)3-11(20)13(15(6)22)8(5-17)14-12(21)4-10(19)7(2)16(14)23/h3-4,8,18-23H,5H2,1-2H3. The van der Waals surface area contributed by atoms with Crippen LogP contribution in [0.2, 0.25) is 0 Å². The molecule has 23 heavy (non-hydrogen) atoms. The maximum atomic E-state index is 13.6. The molecule has 0 aliphatic heterocycles. The van der Waals surface area contributed by atoms with Crippen LogP contribution in [-0.4, -0.2) is 37.3 Å². The summed E-state index contributed by atoms with van der Waals surface area (Å²) in [6, 6.07) is 1.88. The maximum absolute atomic E-state index is 13.6. The first-order valence-electron chi connectivity index (χ1n) is 6.75. The van der Waals surface area contributed by atoms with Gasteiger partial charge in [-0.1, -0.05) is 0 Å². The van der Waals surface area contributed by atoms with Crippen molar-refractivity contribution in [2.45, 2.75) is 19.8 Å². The van der Waals surface area contributed by atoms with Gasteiger partial charge in [-0.2, -0.15) is 0 Å². The van der Waals surface area contributed by atoms with Gasteiger partial charge in [-0.15, -0.1) is 0 Å². The van der Waals surface area contributed by atoms with E-state index in [0.717, 1.165) is 12.1 Å². The van der Waals surface area contributed by atoms with Crippen LogP contribution in [0.5, 0.6) is 34.5 Å². The van der Waals surface area contributed by atoms with Crippen molar-refractivity contribution < 1.29 is 35.0 Å². The lowest BCUT2D eigenvalue weighted by atomic mass is 9.87. The molecule has 2 aromatic carbocycles. The summed E-state index contributed by atoms with van der Waals surface area (Å²) in [6.07, 6.45) is 0. The van der Waals surface area contributed by atoms with Crippen molar-refractivity contribution in [3.8, 4) is 34.5 Å². The van der Waals surface area contributed by atoms with Crippen molar-refractivity contribution in [3.63, 3.8) is 0 Å². The van der Waals surface area contributed by atoms with Gasteiger partial charge in [0.05, 0.1) is 5.92 Å². The average molecular weight is 324 g/mol. The van der Waals surface area contributed by atoms with E-state index in [9.17, 15) is 35.0 Å². The summed E-state index contributed by atoms with van der Waals surface area (Å²) in [5, 5.41) is 59.3. The molecule has 0 saturated carbocycles. The van der Waals surface area contributed by atoms with E-state index in [1.165, 1.54) is 13.8 Å². The molecule has 2 aromatic rings. The molecule has 0 spiro atoms. The predicted molar refractivity (Wildman–Crippen MR) is 80.2 cm³/mol. The van der Waals surface area contributed by atoms with Crippen LogP contribution in [0.25, 0.3) is 0 Å². The van der Waals surface area contributed by atoms with Crippen molar-refractivity contribution in [1.29, 1.82) is 0 Å². The fraction of sp³-hybridized carbons (Fsp3) is 0.250. The molecule has 0 atom stereocenters. The largest absolute Gasteiger partial charge is 0.507 e. The molecule has 0 aliphatic rings. The van der Waals surface area contributed by atoms with Gasteiger partial charge in [-0.05, 0) is 13.8 Å². The Labute approximate surface area is 131 Å². The second-order valence-corrected chi connectivity index (χ2v) is 5.31. The minimum absolute atomic E-state index is 0.0192. The lowest BCUT2D eigenvalue weighted by Crippen LogP contribution is -2.06. The highest BCUT2D eigenvalue weighted by atomic mass is 19.1. The minimum Gasteiger partial charge on any atom is -0.507 e. The van der Waals surface area contributed by atoms with E-state index in [4.69, 9.17) is 0 Å². The molecule has 0 amide bonds. The Bertz CT molecular complexity index is 709. The van der Waals surface area contributed by atoms with Crippen molar-refractivity contribution in [2.24, 2.45) is 0 Å². The number of aromatic hydroxyl groups is 6. The molecule has 0 saturated heterocycles. The van der Waals surface area contributed by atoms with Crippen LogP contribution in [0.15, 0.2) is 12.1 Å². The zero-order chi connectivity index (χ0) is 17.5. The molecule has 6 N–H and O–H groups in total. The van der Waals surface area contributed by atoms with E-state index in [1.54, 1.807) is 0 Å². The minimum atomic E-state index is -1.39. The number of phenols is 6. The number of hydrogen-bond donors (Lipinski definition) is 6. The number of rotatable bonds is 3. The molecule has 0 radical (unpaired) electrons. The van der Waals surface area contributed by atoms with Crippen LogP contribution in [0, 0.1) is 13.8 Å². The quantitative estimate of drug-likeness (QED) is 0.516. The van der Waals surface area contributed by atoms with Crippen molar-refractivity contribution in [2.75, 3.05) is 6.67 Å². The third-order valence-electron chi connectivity index (χ3n) is 3.94. The molecule has 0 bridgehead atoms. The Morgan fingerprint density at radius 1 is 0.739 bits per heavy atom. The predicted octanol–water partition coefficient (Wildman–Crippen LogP) is 2.64. The number of benzene rings is 2. The van der Waals surface area contributed by atoms with Crippen LogP contribution in [0.4, 0.5) is 4.39 Å². The Morgan fingerprint density at radius 2 is 1.09 bits per heavy atom. The average Bonchev–Trinajstić information content (AvgIpc) is 2.49. The van der Waals surface area contributed by atoms with Crippen molar-refractivity contribution in [3.05, 3.63) is 34.4 Å². The highest BCUT2D eigenvalue weighted by Crippen LogP contribution is 2.49. The summed E-state index contributed by atoms with van der Waals surface area (Å²) in [6.45, 7) is 1.58. The van der Waals surface area contributed by atoms with Gasteiger partial charge in [-0.3, -0.25) is 4.39 Å². The van der Waals surface area contributed by atoms with Crippen molar-refractivity contribution in [1.82, 2.24) is 0 Å². The molecule has 0 fully saturated rings. The highest BCUT2D eigenvalue weighted by molar-refractivity contribution is 5.64. The lowest BCUT2D eigenvalue weighted by Gasteiger charge is -2.21. The number of phenolic OH excluding ortho intramolecular Hbond substituents is 6. The normalized spacial score (nSPS) is 11.1. The SMILES string of the molecule is Cc1c(O)cc(O)c(C(CF)c2c(O)cc(O)c(C)c2O)c1O. The van der Waals surface area contributed by atoms with E-state index in [1.807, 2.05) is 0 Å². The van der Waals surface area contributed by atoms with Gasteiger partial charge in [0.25, 0.3) is 0 Å². The van der Waals surface area contributed by atoms with Crippen LogP contribution in [-0.2, 0) is 0 Å². The first kappa shape index (κ1) is 16.5. The van der Waals surface area contributed by atoms with Crippen LogP contribution in [0.3, 0.4) is 0 Å². The van der Waals surface area contributed by atoms with E-state index in [-0.39, 0.29) is 33.8 Å². The Hall–Kier alpha value is -2.83. The van der Waals surface area contributed by atoms with Gasteiger partial charge in [0.1, 0.15) is 41.2 Å². The Kier molecular flexibility index (Phi) is 4.14. The maximum Gasteiger partial charge on any atom is 0.129 e. The zero-order valence-electron chi connectivity index (χ0n) is 12.5. The van der Waals surface area contributed by atoms with E-state index < -0.39 is 35.6 Å². The van der Waals surface area contributed by atoms with Gasteiger partial charge < -0.3 is 30.6 Å². The molecule has 2 rings (SSSR count). The summed E-state index contributed by atoms with van der Waals surface area (Å²) in [5.74, 6) is -4.41. The smallest absolute Gasteiger partial charge is 0.129 e. The van der Waals surface area contributed by atoms with E-state index >= 15 is 0 Å². The fourth-order valence-corrected chi connectivity index (χ4v) is 2.51. The summed E-state index contributed by atoms with van der Waals surface area (Å²) in [7, 11) is 0. The zero-order valence-corrected chi connectivity index (χ0v) is 12.5. The van der Waals surface area contributed by atoms with Crippen LogP contribution >= 0.6 is 0 Å². The van der Waals surface area contributed by atoms with Gasteiger partial charge in [-0.25, -0.2) is 0 Å². The van der Waals surface area contributed by atoms with Gasteiger partial charge in [0, 0.05) is 34.4 Å². The van der Waals surface area contributed by atoms with E-state index in [2.05, 4.69) is 0 Å². The topological polar surface area (TPSA) is 121 Å². The van der Waals surface area contributed by atoms with Crippen LogP contribution < -0.4 is 0 Å². The molecule has 0 aliphatic carbocycles. The molecule has 124 valence electrons. The highest BCUT2D eigenvalue weighted by Gasteiger charge is 2.30. The summed E-state index contributed by atoms with van der Waals surface area (Å²) in [5.41, 5.74) is -0.520. The molecule has 0 aromatic heterocycles.